The number of carbonyl (C=O) groups excluding carboxylic acids is 1. The summed E-state index contributed by atoms with van der Waals surface area (Å²) in [7, 11) is 1.66. The number of nitrogens with one attached hydrogen (secondary N) is 1. The second-order valence-corrected chi connectivity index (χ2v) is 8.82. The molecule has 0 saturated heterocycles. The molecular formula is C28H30N2O3. The zero-order valence-corrected chi connectivity index (χ0v) is 19.2. The van der Waals surface area contributed by atoms with Crippen molar-refractivity contribution >= 4 is 17.3 Å². The summed E-state index contributed by atoms with van der Waals surface area (Å²) in [4.78, 5) is 15.3. The summed E-state index contributed by atoms with van der Waals surface area (Å²) in [6.45, 7) is 2.72. The molecule has 5 rings (SSSR count). The Morgan fingerprint density at radius 1 is 0.970 bits per heavy atom. The van der Waals surface area contributed by atoms with Crippen LogP contribution in [-0.2, 0) is 6.54 Å². The third-order valence-corrected chi connectivity index (χ3v) is 6.71. The van der Waals surface area contributed by atoms with Gasteiger partial charge in [0.05, 0.1) is 30.6 Å². The summed E-state index contributed by atoms with van der Waals surface area (Å²) in [6.07, 6.45) is 4.67. The molecule has 1 amide bonds. The van der Waals surface area contributed by atoms with E-state index in [9.17, 15) is 4.79 Å². The Bertz CT molecular complexity index is 1140. The third-order valence-electron chi connectivity index (χ3n) is 6.71. The smallest absolute Gasteiger partial charge is 0.259 e. The highest BCUT2D eigenvalue weighted by Gasteiger charge is 2.36. The number of hydrogen-bond donors (Lipinski definition) is 1. The van der Waals surface area contributed by atoms with Gasteiger partial charge < -0.3 is 14.8 Å². The first-order valence-electron chi connectivity index (χ1n) is 11.7. The van der Waals surface area contributed by atoms with Crippen molar-refractivity contribution in [3.05, 3.63) is 83.4 Å². The number of hydrogen-bond acceptors (Lipinski definition) is 4. The molecule has 1 aliphatic carbocycles. The van der Waals surface area contributed by atoms with E-state index in [1.54, 1.807) is 7.11 Å². The van der Waals surface area contributed by atoms with Crippen LogP contribution in [0.4, 0.5) is 11.4 Å². The zero-order chi connectivity index (χ0) is 22.8. The van der Waals surface area contributed by atoms with E-state index in [0.29, 0.717) is 18.0 Å². The number of methoxy groups -OCH3 is 1. The molecular weight excluding hydrogens is 412 g/mol. The first-order chi connectivity index (χ1) is 16.2. The number of nitrogens with zero attached hydrogens (tertiary/aromatic N) is 1. The average molecular weight is 443 g/mol. The van der Waals surface area contributed by atoms with E-state index in [0.717, 1.165) is 40.9 Å². The van der Waals surface area contributed by atoms with Gasteiger partial charge in [-0.2, -0.15) is 0 Å². The summed E-state index contributed by atoms with van der Waals surface area (Å²) < 4.78 is 12.1. The second-order valence-electron chi connectivity index (χ2n) is 8.82. The Morgan fingerprint density at radius 3 is 2.42 bits per heavy atom. The average Bonchev–Trinajstić information content (AvgIpc) is 3.45. The summed E-state index contributed by atoms with van der Waals surface area (Å²) in [5.41, 5.74) is 4.63. The molecule has 0 spiro atoms. The highest BCUT2D eigenvalue weighted by atomic mass is 16.5. The summed E-state index contributed by atoms with van der Waals surface area (Å²) in [5.74, 6) is 1.39. The predicted molar refractivity (Wildman–Crippen MR) is 131 cm³/mol. The lowest BCUT2D eigenvalue weighted by molar-refractivity contribution is 0.0992. The number of rotatable bonds is 7. The Morgan fingerprint density at radius 2 is 1.70 bits per heavy atom. The van der Waals surface area contributed by atoms with Crippen LogP contribution in [0.2, 0.25) is 0 Å². The molecule has 1 unspecified atom stereocenters. The van der Waals surface area contributed by atoms with Crippen molar-refractivity contribution in [1.82, 2.24) is 0 Å². The maximum absolute atomic E-state index is 13.5. The van der Waals surface area contributed by atoms with E-state index in [2.05, 4.69) is 24.4 Å². The number of fused-ring (bicyclic) bond motifs is 1. The molecule has 1 saturated carbocycles. The topological polar surface area (TPSA) is 50.8 Å². The van der Waals surface area contributed by atoms with Gasteiger partial charge in [0, 0.05) is 24.2 Å². The van der Waals surface area contributed by atoms with Gasteiger partial charge in [0.2, 0.25) is 0 Å². The second kappa shape index (κ2) is 9.18. The molecule has 2 aliphatic rings. The quantitative estimate of drug-likeness (QED) is 0.463. The van der Waals surface area contributed by atoms with E-state index in [1.165, 1.54) is 12.8 Å². The minimum atomic E-state index is -0.0706. The number of amides is 1. The Balaban J connectivity index is 1.55. The first kappa shape index (κ1) is 21.4. The maximum Gasteiger partial charge on any atom is 0.259 e. The predicted octanol–water partition coefficient (Wildman–Crippen LogP) is 6.35. The largest absolute Gasteiger partial charge is 0.493 e. The molecule has 1 aliphatic heterocycles. The van der Waals surface area contributed by atoms with E-state index in [4.69, 9.17) is 9.47 Å². The van der Waals surface area contributed by atoms with Crippen LogP contribution in [0.15, 0.2) is 66.7 Å². The van der Waals surface area contributed by atoms with E-state index < -0.39 is 0 Å². The molecule has 0 aromatic heterocycles. The first-order valence-corrected chi connectivity index (χ1v) is 11.7. The normalized spacial score (nSPS) is 17.8. The van der Waals surface area contributed by atoms with Gasteiger partial charge >= 0.3 is 0 Å². The molecule has 0 radical (unpaired) electrons. The fourth-order valence-electron chi connectivity index (χ4n) is 4.94. The van der Waals surface area contributed by atoms with Gasteiger partial charge in [-0.25, -0.2) is 0 Å². The van der Waals surface area contributed by atoms with Crippen LogP contribution in [0.25, 0.3) is 0 Å². The lowest BCUT2D eigenvalue weighted by atomic mass is 10.1. The lowest BCUT2D eigenvalue weighted by Gasteiger charge is -2.27. The van der Waals surface area contributed by atoms with Crippen molar-refractivity contribution in [2.24, 2.45) is 0 Å². The minimum Gasteiger partial charge on any atom is -0.493 e. The standard InChI is InChI=1S/C28H30N2O3/c1-19-22-14-8-9-15-23(22)28(31)30(19)25-17-27(33-21-12-6-7-13-21)26(32-2)16-24(25)29-18-20-10-4-3-5-11-20/h3-5,8-11,14-17,19,21,29H,6-7,12-13,18H2,1-2H3. The van der Waals surface area contributed by atoms with Gasteiger partial charge in [-0.15, -0.1) is 0 Å². The van der Waals surface area contributed by atoms with Crippen LogP contribution >= 0.6 is 0 Å². The van der Waals surface area contributed by atoms with E-state index >= 15 is 0 Å². The van der Waals surface area contributed by atoms with Crippen molar-refractivity contribution in [3.63, 3.8) is 0 Å². The van der Waals surface area contributed by atoms with Crippen LogP contribution in [0.5, 0.6) is 11.5 Å². The fourth-order valence-corrected chi connectivity index (χ4v) is 4.94. The highest BCUT2D eigenvalue weighted by molar-refractivity contribution is 6.12. The molecule has 170 valence electrons. The van der Waals surface area contributed by atoms with Gasteiger partial charge in [-0.3, -0.25) is 9.69 Å². The summed E-state index contributed by atoms with van der Waals surface area (Å²) >= 11 is 0. The van der Waals surface area contributed by atoms with Gasteiger partial charge in [-0.05, 0) is 49.8 Å². The van der Waals surface area contributed by atoms with E-state index in [-0.39, 0.29) is 18.1 Å². The minimum absolute atomic E-state index is 0.0119. The molecule has 33 heavy (non-hydrogen) atoms. The van der Waals surface area contributed by atoms with Gasteiger partial charge in [0.15, 0.2) is 11.5 Å². The van der Waals surface area contributed by atoms with Crippen molar-refractivity contribution in [2.75, 3.05) is 17.3 Å². The van der Waals surface area contributed by atoms with Crippen LogP contribution in [-0.4, -0.2) is 19.1 Å². The Labute approximate surface area is 195 Å². The van der Waals surface area contributed by atoms with Crippen molar-refractivity contribution in [3.8, 4) is 11.5 Å². The van der Waals surface area contributed by atoms with Crippen LogP contribution in [0.1, 0.15) is 60.1 Å². The molecule has 1 heterocycles. The van der Waals surface area contributed by atoms with Crippen LogP contribution in [0.3, 0.4) is 0 Å². The zero-order valence-electron chi connectivity index (χ0n) is 19.2. The van der Waals surface area contributed by atoms with E-state index in [1.807, 2.05) is 59.5 Å². The molecule has 3 aromatic rings. The van der Waals surface area contributed by atoms with Gasteiger partial charge in [-0.1, -0.05) is 48.5 Å². The Kier molecular flexibility index (Phi) is 5.95. The number of benzene rings is 3. The monoisotopic (exact) mass is 442 g/mol. The SMILES string of the molecule is COc1cc(NCc2ccccc2)c(N2C(=O)c3ccccc3C2C)cc1OC1CCCC1. The number of carbonyl (C=O) groups is 1. The molecule has 5 nitrogen and oxygen atoms in total. The van der Waals surface area contributed by atoms with Crippen molar-refractivity contribution in [2.45, 2.75) is 51.3 Å². The molecule has 1 fully saturated rings. The fraction of sp³-hybridized carbons (Fsp3) is 0.321. The van der Waals surface area contributed by atoms with Crippen molar-refractivity contribution in [1.29, 1.82) is 0 Å². The van der Waals surface area contributed by atoms with Crippen LogP contribution < -0.4 is 19.7 Å². The molecule has 1 atom stereocenters. The molecule has 5 heteroatoms. The molecule has 0 bridgehead atoms. The molecule has 1 N–H and O–H groups in total. The van der Waals surface area contributed by atoms with Gasteiger partial charge in [0.1, 0.15) is 0 Å². The van der Waals surface area contributed by atoms with Crippen LogP contribution in [0, 0.1) is 0 Å². The summed E-state index contributed by atoms with van der Waals surface area (Å²) in [6, 6.07) is 22.0. The number of anilines is 2. The Hall–Kier alpha value is -3.47. The lowest BCUT2D eigenvalue weighted by Crippen LogP contribution is -2.27. The number of ether oxygens (including phenoxy) is 2. The van der Waals surface area contributed by atoms with Gasteiger partial charge in [0.25, 0.3) is 5.91 Å². The van der Waals surface area contributed by atoms with Crippen molar-refractivity contribution < 1.29 is 14.3 Å². The third kappa shape index (κ3) is 4.15. The molecule has 3 aromatic carbocycles. The maximum atomic E-state index is 13.5. The summed E-state index contributed by atoms with van der Waals surface area (Å²) in [5, 5.41) is 3.54. The highest BCUT2D eigenvalue weighted by Crippen LogP contribution is 2.45.